The zero-order valence-electron chi connectivity index (χ0n) is 20.4. The number of rotatable bonds is 5. The van der Waals surface area contributed by atoms with E-state index in [0.29, 0.717) is 48.4 Å². The number of nitrogens with one attached hydrogen (secondary N) is 1. The van der Waals surface area contributed by atoms with Crippen LogP contribution in [0.15, 0.2) is 61.6 Å². The van der Waals surface area contributed by atoms with Gasteiger partial charge in [0.1, 0.15) is 17.7 Å². The number of aromatic nitrogens is 3. The van der Waals surface area contributed by atoms with Crippen LogP contribution < -0.4 is 4.90 Å². The van der Waals surface area contributed by atoms with E-state index in [1.165, 1.54) is 24.5 Å². The third-order valence-corrected chi connectivity index (χ3v) is 6.60. The van der Waals surface area contributed by atoms with E-state index in [4.69, 9.17) is 11.8 Å². The molecular formula is C29H22FN7O. The summed E-state index contributed by atoms with van der Waals surface area (Å²) in [5.74, 6) is 2.20. The molecule has 4 heterocycles. The summed E-state index contributed by atoms with van der Waals surface area (Å²) in [7, 11) is 0. The van der Waals surface area contributed by atoms with E-state index >= 15 is 0 Å². The van der Waals surface area contributed by atoms with Crippen LogP contribution in [0.5, 0.6) is 0 Å². The number of piperazine rings is 1. The van der Waals surface area contributed by atoms with Crippen LogP contribution in [0, 0.1) is 34.9 Å². The highest BCUT2D eigenvalue weighted by atomic mass is 19.1. The Labute approximate surface area is 218 Å². The number of anilines is 1. The molecule has 9 heteroatoms. The number of nitriles is 1. The molecule has 0 unspecified atom stereocenters. The number of pyridine rings is 2. The van der Waals surface area contributed by atoms with Crippen molar-refractivity contribution in [2.24, 2.45) is 0 Å². The summed E-state index contributed by atoms with van der Waals surface area (Å²) < 4.78 is 15.7. The molecule has 1 amide bonds. The first-order chi connectivity index (χ1) is 18.4. The van der Waals surface area contributed by atoms with Crippen molar-refractivity contribution < 1.29 is 9.18 Å². The standard InChI is InChI=1S/C29H22FN7O/c1-3-20-4-5-21(13-26(20)30)29(38)36-10-8-35(9-11-36)27-7-6-22(16-33-27)25-12-23(19(2)14-31)18-37-28(25)24(15-32)17-34-37/h1,4-7,12-14,16-18,31H,2,8-11H2. The van der Waals surface area contributed by atoms with Gasteiger partial charge in [-0.1, -0.05) is 12.5 Å². The summed E-state index contributed by atoms with van der Waals surface area (Å²) in [4.78, 5) is 21.3. The van der Waals surface area contributed by atoms with Crippen molar-refractivity contribution in [3.05, 3.63) is 89.6 Å². The van der Waals surface area contributed by atoms with Crippen LogP contribution in [0.25, 0.3) is 22.2 Å². The molecule has 0 saturated carbocycles. The number of hydrogen-bond acceptors (Lipinski definition) is 6. The number of carbonyl (C=O) groups is 1. The lowest BCUT2D eigenvalue weighted by Gasteiger charge is -2.35. The number of terminal acetylenes is 1. The Morgan fingerprint density at radius 1 is 1.11 bits per heavy atom. The van der Waals surface area contributed by atoms with Gasteiger partial charge in [-0.3, -0.25) is 4.79 Å². The summed E-state index contributed by atoms with van der Waals surface area (Å²) in [6, 6.07) is 12.1. The SMILES string of the molecule is C#Cc1ccc(C(=O)N2CCN(c3ccc(-c4cc(C(=C)C=N)cn5ncc(C#N)c45)cn3)CC2)cc1F. The van der Waals surface area contributed by atoms with E-state index in [1.54, 1.807) is 27.9 Å². The molecule has 0 bridgehead atoms. The van der Waals surface area contributed by atoms with Crippen LogP contribution in [0.2, 0.25) is 0 Å². The van der Waals surface area contributed by atoms with E-state index in [0.717, 1.165) is 16.9 Å². The molecule has 0 atom stereocenters. The normalized spacial score (nSPS) is 13.1. The Hall–Kier alpha value is -5.28. The van der Waals surface area contributed by atoms with Crippen molar-refractivity contribution in [3.8, 4) is 29.5 Å². The lowest BCUT2D eigenvalue weighted by molar-refractivity contribution is 0.0746. The average Bonchev–Trinajstić information content (AvgIpc) is 3.39. The average molecular weight is 504 g/mol. The minimum atomic E-state index is -0.580. The lowest BCUT2D eigenvalue weighted by atomic mass is 10.0. The fourth-order valence-electron chi connectivity index (χ4n) is 4.50. The number of allylic oxidation sites excluding steroid dienone is 1. The Kier molecular flexibility index (Phi) is 6.42. The second-order valence-corrected chi connectivity index (χ2v) is 8.80. The molecule has 5 rings (SSSR count). The third kappa shape index (κ3) is 4.38. The van der Waals surface area contributed by atoms with Gasteiger partial charge in [0.05, 0.1) is 22.8 Å². The molecule has 1 saturated heterocycles. The number of amides is 1. The molecule has 1 fully saturated rings. The highest BCUT2D eigenvalue weighted by Crippen LogP contribution is 2.30. The van der Waals surface area contributed by atoms with Gasteiger partial charge in [-0.15, -0.1) is 6.42 Å². The van der Waals surface area contributed by atoms with Gasteiger partial charge in [0.15, 0.2) is 0 Å². The van der Waals surface area contributed by atoms with Crippen molar-refractivity contribution >= 4 is 29.0 Å². The summed E-state index contributed by atoms with van der Waals surface area (Å²) in [5, 5.41) is 21.4. The van der Waals surface area contributed by atoms with E-state index in [9.17, 15) is 14.4 Å². The Balaban J connectivity index is 1.34. The first-order valence-corrected chi connectivity index (χ1v) is 11.8. The summed E-state index contributed by atoms with van der Waals surface area (Å²) in [6.45, 7) is 5.99. The number of carbonyl (C=O) groups excluding carboxylic acids is 1. The smallest absolute Gasteiger partial charge is 0.254 e. The topological polar surface area (TPSA) is 101 Å². The highest BCUT2D eigenvalue weighted by Gasteiger charge is 2.24. The summed E-state index contributed by atoms with van der Waals surface area (Å²) in [6.07, 6.45) is 11.4. The van der Waals surface area contributed by atoms with Gasteiger partial charge in [-0.05, 0) is 42.0 Å². The fraction of sp³-hybridized carbons (Fsp3) is 0.138. The first kappa shape index (κ1) is 24.4. The zero-order chi connectivity index (χ0) is 26.8. The first-order valence-electron chi connectivity index (χ1n) is 11.8. The Morgan fingerprint density at radius 3 is 2.53 bits per heavy atom. The minimum absolute atomic E-state index is 0.130. The van der Waals surface area contributed by atoms with Crippen LogP contribution >= 0.6 is 0 Å². The molecule has 0 radical (unpaired) electrons. The lowest BCUT2D eigenvalue weighted by Crippen LogP contribution is -2.49. The second-order valence-electron chi connectivity index (χ2n) is 8.80. The molecule has 186 valence electrons. The predicted octanol–water partition coefficient (Wildman–Crippen LogP) is 4.01. The van der Waals surface area contributed by atoms with Crippen LogP contribution in [0.3, 0.4) is 0 Å². The molecule has 0 aliphatic carbocycles. The Morgan fingerprint density at radius 2 is 1.89 bits per heavy atom. The predicted molar refractivity (Wildman–Crippen MR) is 143 cm³/mol. The molecular weight excluding hydrogens is 481 g/mol. The Bertz CT molecular complexity index is 1670. The van der Waals surface area contributed by atoms with Crippen molar-refractivity contribution in [2.45, 2.75) is 0 Å². The van der Waals surface area contributed by atoms with Crippen LogP contribution in [0.4, 0.5) is 10.2 Å². The minimum Gasteiger partial charge on any atom is -0.353 e. The maximum Gasteiger partial charge on any atom is 0.254 e. The van der Waals surface area contributed by atoms with Crippen molar-refractivity contribution in [1.82, 2.24) is 19.5 Å². The monoisotopic (exact) mass is 503 g/mol. The highest BCUT2D eigenvalue weighted by molar-refractivity contribution is 6.08. The van der Waals surface area contributed by atoms with Gasteiger partial charge >= 0.3 is 0 Å². The molecule has 38 heavy (non-hydrogen) atoms. The quantitative estimate of drug-likeness (QED) is 0.328. The van der Waals surface area contributed by atoms with Crippen molar-refractivity contribution in [2.75, 3.05) is 31.1 Å². The summed E-state index contributed by atoms with van der Waals surface area (Å²) >= 11 is 0. The number of hydrogen-bond donors (Lipinski definition) is 1. The van der Waals surface area contributed by atoms with E-state index in [1.807, 2.05) is 18.2 Å². The van der Waals surface area contributed by atoms with Gasteiger partial charge in [-0.2, -0.15) is 10.4 Å². The van der Waals surface area contributed by atoms with Crippen LogP contribution in [0.1, 0.15) is 27.0 Å². The maximum absolute atomic E-state index is 14.0. The van der Waals surface area contributed by atoms with E-state index in [2.05, 4.69) is 33.6 Å². The molecule has 1 aliphatic heterocycles. The van der Waals surface area contributed by atoms with Crippen LogP contribution in [-0.4, -0.2) is 57.8 Å². The maximum atomic E-state index is 14.0. The molecule has 4 aromatic rings. The number of fused-ring (bicyclic) bond motifs is 1. The second kappa shape index (κ2) is 10.00. The van der Waals surface area contributed by atoms with Gasteiger partial charge in [0.25, 0.3) is 5.91 Å². The molecule has 1 aromatic carbocycles. The zero-order valence-corrected chi connectivity index (χ0v) is 20.4. The van der Waals surface area contributed by atoms with E-state index < -0.39 is 5.82 Å². The number of nitrogens with zero attached hydrogens (tertiary/aromatic N) is 6. The molecule has 1 aliphatic rings. The molecule has 1 N–H and O–H groups in total. The molecule has 0 spiro atoms. The van der Waals surface area contributed by atoms with Crippen LogP contribution in [-0.2, 0) is 0 Å². The van der Waals surface area contributed by atoms with Gasteiger partial charge in [0, 0.05) is 67.0 Å². The van der Waals surface area contributed by atoms with E-state index in [-0.39, 0.29) is 17.0 Å². The fourth-order valence-corrected chi connectivity index (χ4v) is 4.50. The largest absolute Gasteiger partial charge is 0.353 e. The van der Waals surface area contributed by atoms with Gasteiger partial charge in [0.2, 0.25) is 0 Å². The van der Waals surface area contributed by atoms with Gasteiger partial charge < -0.3 is 15.2 Å². The van der Waals surface area contributed by atoms with Gasteiger partial charge in [-0.25, -0.2) is 13.9 Å². The summed E-state index contributed by atoms with van der Waals surface area (Å²) in [5.41, 5.74) is 4.29. The molecule has 3 aromatic heterocycles. The number of halogens is 1. The molecule has 8 nitrogen and oxygen atoms in total. The number of benzene rings is 1. The third-order valence-electron chi connectivity index (χ3n) is 6.60. The van der Waals surface area contributed by atoms with Crippen molar-refractivity contribution in [3.63, 3.8) is 0 Å². The van der Waals surface area contributed by atoms with Crippen molar-refractivity contribution in [1.29, 1.82) is 10.7 Å².